The van der Waals surface area contributed by atoms with Crippen LogP contribution in [-0.4, -0.2) is 44.3 Å². The Morgan fingerprint density at radius 3 is 2.31 bits per heavy atom. The van der Waals surface area contributed by atoms with Crippen LogP contribution in [0.3, 0.4) is 0 Å². The van der Waals surface area contributed by atoms with E-state index in [1.165, 1.54) is 0 Å². The minimum atomic E-state index is -0.483. The van der Waals surface area contributed by atoms with Gasteiger partial charge in [0.1, 0.15) is 5.56 Å². The zero-order valence-electron chi connectivity index (χ0n) is 23.0. The first-order chi connectivity index (χ1) is 18.9. The number of aromatic nitrogens is 4. The molecule has 2 heterocycles. The minimum Gasteiger partial charge on any atom is -0.462 e. The molecule has 8 heteroatoms. The van der Waals surface area contributed by atoms with Crippen molar-refractivity contribution in [2.75, 3.05) is 11.5 Å². The van der Waals surface area contributed by atoms with Crippen LogP contribution < -0.4 is 4.90 Å². The number of hydrogen-bond donors (Lipinski definition) is 0. The van der Waals surface area contributed by atoms with Gasteiger partial charge in [0.05, 0.1) is 23.3 Å². The molecule has 0 saturated heterocycles. The van der Waals surface area contributed by atoms with Crippen molar-refractivity contribution in [3.8, 4) is 16.8 Å². The molecule has 202 valence electrons. The molecule has 0 radical (unpaired) electrons. The molecule has 4 aromatic rings. The fraction of sp³-hybridized carbons (Fsp3) is 0.387. The molecule has 1 aliphatic carbocycles. The van der Waals surface area contributed by atoms with E-state index >= 15 is 0 Å². The number of ether oxygens (including phenoxy) is 1. The standard InChI is InChI=1S/C31H35N5O3/c1-5-39-31(38)26-19-35(34-29(26)36(20(2)3)30(37)23-8-6-21(4)7-9-23)25-13-10-22(11-14-25)24-12-15-27-28(18-24)33-17-16-32-27/h10-21,23H,5-9H2,1-4H3/t21-,23-. The zero-order valence-corrected chi connectivity index (χ0v) is 23.0. The Morgan fingerprint density at radius 2 is 1.64 bits per heavy atom. The smallest absolute Gasteiger partial charge is 0.343 e. The summed E-state index contributed by atoms with van der Waals surface area (Å²) in [4.78, 5) is 37.2. The van der Waals surface area contributed by atoms with Crippen molar-refractivity contribution in [1.82, 2.24) is 19.7 Å². The topological polar surface area (TPSA) is 90.2 Å². The Morgan fingerprint density at radius 1 is 0.974 bits per heavy atom. The second kappa shape index (κ2) is 11.4. The third-order valence-electron chi connectivity index (χ3n) is 7.47. The molecule has 0 spiro atoms. The number of hydrogen-bond acceptors (Lipinski definition) is 6. The summed E-state index contributed by atoms with van der Waals surface area (Å²) in [6.07, 6.45) is 8.84. The highest BCUT2D eigenvalue weighted by atomic mass is 16.5. The van der Waals surface area contributed by atoms with Gasteiger partial charge in [0, 0.05) is 30.6 Å². The quantitative estimate of drug-likeness (QED) is 0.266. The van der Waals surface area contributed by atoms with Gasteiger partial charge in [0.15, 0.2) is 5.82 Å². The Bertz CT molecular complexity index is 1470. The summed E-state index contributed by atoms with van der Waals surface area (Å²) in [6.45, 7) is 8.17. The predicted molar refractivity (Wildman–Crippen MR) is 152 cm³/mol. The van der Waals surface area contributed by atoms with Crippen LogP contribution in [0.1, 0.15) is 63.7 Å². The van der Waals surface area contributed by atoms with Gasteiger partial charge in [-0.1, -0.05) is 25.1 Å². The number of anilines is 1. The van der Waals surface area contributed by atoms with Crippen LogP contribution in [0.25, 0.3) is 27.8 Å². The molecule has 39 heavy (non-hydrogen) atoms. The number of rotatable bonds is 7. The molecule has 8 nitrogen and oxygen atoms in total. The van der Waals surface area contributed by atoms with Gasteiger partial charge in [0.2, 0.25) is 5.91 Å². The molecule has 5 rings (SSSR count). The normalized spacial score (nSPS) is 17.4. The van der Waals surface area contributed by atoms with E-state index in [9.17, 15) is 9.59 Å². The maximum atomic E-state index is 13.7. The third kappa shape index (κ3) is 5.55. The number of nitrogens with zero attached hydrogens (tertiary/aromatic N) is 5. The Hall–Kier alpha value is -4.07. The summed E-state index contributed by atoms with van der Waals surface area (Å²) in [6, 6.07) is 13.8. The van der Waals surface area contributed by atoms with E-state index in [1.807, 2.05) is 56.3 Å². The van der Waals surface area contributed by atoms with Crippen LogP contribution in [0.4, 0.5) is 5.82 Å². The van der Waals surface area contributed by atoms with Crippen LogP contribution in [0.15, 0.2) is 61.1 Å². The highest BCUT2D eigenvalue weighted by Crippen LogP contribution is 2.33. The summed E-state index contributed by atoms with van der Waals surface area (Å²) >= 11 is 0. The van der Waals surface area contributed by atoms with E-state index in [-0.39, 0.29) is 24.5 Å². The van der Waals surface area contributed by atoms with Crippen LogP contribution in [0.5, 0.6) is 0 Å². The number of carbonyl (C=O) groups is 2. The lowest BCUT2D eigenvalue weighted by molar-refractivity contribution is -0.124. The first-order valence-electron chi connectivity index (χ1n) is 13.8. The maximum Gasteiger partial charge on any atom is 0.343 e. The lowest BCUT2D eigenvalue weighted by atomic mass is 9.82. The summed E-state index contributed by atoms with van der Waals surface area (Å²) in [5.41, 5.74) is 4.80. The summed E-state index contributed by atoms with van der Waals surface area (Å²) in [5, 5.41) is 4.78. The molecular weight excluding hydrogens is 490 g/mol. The minimum absolute atomic E-state index is 0.0300. The van der Waals surface area contributed by atoms with Crippen molar-refractivity contribution < 1.29 is 14.3 Å². The summed E-state index contributed by atoms with van der Waals surface area (Å²) in [5.74, 6) is 0.478. The Balaban J connectivity index is 1.48. The Labute approximate surface area is 229 Å². The van der Waals surface area contributed by atoms with E-state index in [2.05, 4.69) is 16.9 Å². The van der Waals surface area contributed by atoms with Gasteiger partial charge in [-0.15, -0.1) is 5.10 Å². The van der Waals surface area contributed by atoms with Crippen molar-refractivity contribution in [2.45, 2.75) is 59.4 Å². The molecule has 1 aliphatic rings. The number of benzene rings is 2. The first kappa shape index (κ1) is 26.5. The monoisotopic (exact) mass is 525 g/mol. The van der Waals surface area contributed by atoms with Gasteiger partial charge in [-0.25, -0.2) is 9.48 Å². The zero-order chi connectivity index (χ0) is 27.5. The van der Waals surface area contributed by atoms with Crippen LogP contribution in [0.2, 0.25) is 0 Å². The van der Waals surface area contributed by atoms with Gasteiger partial charge in [-0.2, -0.15) is 0 Å². The van der Waals surface area contributed by atoms with Crippen LogP contribution >= 0.6 is 0 Å². The van der Waals surface area contributed by atoms with Crippen LogP contribution in [0, 0.1) is 11.8 Å². The van der Waals surface area contributed by atoms with Crippen molar-refractivity contribution in [2.24, 2.45) is 11.8 Å². The summed E-state index contributed by atoms with van der Waals surface area (Å²) in [7, 11) is 0. The number of fused-ring (bicyclic) bond motifs is 1. The van der Waals surface area contributed by atoms with Crippen molar-refractivity contribution >= 4 is 28.7 Å². The highest BCUT2D eigenvalue weighted by Gasteiger charge is 2.34. The van der Waals surface area contributed by atoms with E-state index in [0.717, 1.165) is 53.5 Å². The second-order valence-electron chi connectivity index (χ2n) is 10.6. The lowest BCUT2D eigenvalue weighted by Crippen LogP contribution is -2.43. The average Bonchev–Trinajstić information content (AvgIpc) is 3.38. The van der Waals surface area contributed by atoms with Gasteiger partial charge in [-0.3, -0.25) is 19.7 Å². The highest BCUT2D eigenvalue weighted by molar-refractivity contribution is 6.02. The molecule has 2 aromatic carbocycles. The second-order valence-corrected chi connectivity index (χ2v) is 10.6. The molecule has 1 saturated carbocycles. The van der Waals surface area contributed by atoms with Gasteiger partial charge in [0.25, 0.3) is 0 Å². The predicted octanol–water partition coefficient (Wildman–Crippen LogP) is 6.23. The third-order valence-corrected chi connectivity index (χ3v) is 7.47. The average molecular weight is 526 g/mol. The van der Waals surface area contributed by atoms with Gasteiger partial charge < -0.3 is 4.74 Å². The van der Waals surface area contributed by atoms with E-state index in [4.69, 9.17) is 9.84 Å². The molecule has 2 aromatic heterocycles. The largest absolute Gasteiger partial charge is 0.462 e. The number of amides is 1. The van der Waals surface area contributed by atoms with E-state index < -0.39 is 5.97 Å². The molecular formula is C31H35N5O3. The Kier molecular flexibility index (Phi) is 7.72. The van der Waals surface area contributed by atoms with Crippen molar-refractivity contribution in [3.63, 3.8) is 0 Å². The first-order valence-corrected chi connectivity index (χ1v) is 13.8. The lowest BCUT2D eigenvalue weighted by Gasteiger charge is -2.32. The maximum absolute atomic E-state index is 13.7. The number of carbonyl (C=O) groups excluding carboxylic acids is 2. The SMILES string of the molecule is CCOC(=O)c1cn(-c2ccc(-c3ccc4nccnc4c3)cc2)nc1N(C(=O)[C@H]1CC[C@H](C)CC1)C(C)C. The molecule has 0 bridgehead atoms. The molecule has 0 aliphatic heterocycles. The fourth-order valence-corrected chi connectivity index (χ4v) is 5.28. The van der Waals surface area contributed by atoms with E-state index in [1.54, 1.807) is 35.1 Å². The molecule has 0 unspecified atom stereocenters. The van der Waals surface area contributed by atoms with Gasteiger partial charge in [-0.05, 0) is 87.8 Å². The van der Waals surface area contributed by atoms with Crippen LogP contribution in [-0.2, 0) is 9.53 Å². The molecule has 0 atom stereocenters. The molecule has 1 fully saturated rings. The fourth-order valence-electron chi connectivity index (χ4n) is 5.28. The summed E-state index contributed by atoms with van der Waals surface area (Å²) < 4.78 is 7.01. The number of esters is 1. The molecule has 1 amide bonds. The molecule has 0 N–H and O–H groups in total. The van der Waals surface area contributed by atoms with Gasteiger partial charge >= 0.3 is 5.97 Å². The van der Waals surface area contributed by atoms with E-state index in [0.29, 0.717) is 17.3 Å². The van der Waals surface area contributed by atoms with Crippen molar-refractivity contribution in [3.05, 3.63) is 66.6 Å². The van der Waals surface area contributed by atoms with Crippen molar-refractivity contribution in [1.29, 1.82) is 0 Å².